The first kappa shape index (κ1) is 18.9. The van der Waals surface area contributed by atoms with E-state index < -0.39 is 11.8 Å². The van der Waals surface area contributed by atoms with Crippen LogP contribution >= 0.6 is 0 Å². The van der Waals surface area contributed by atoms with Crippen LogP contribution in [0.4, 0.5) is 0 Å². The van der Waals surface area contributed by atoms with Crippen LogP contribution in [-0.2, 0) is 25.7 Å². The predicted octanol–water partition coefficient (Wildman–Crippen LogP) is 0.319. The fourth-order valence-electron chi connectivity index (χ4n) is 2.60. The van der Waals surface area contributed by atoms with Crippen molar-refractivity contribution in [3.8, 4) is 0 Å². The maximum absolute atomic E-state index is 12.3. The second kappa shape index (κ2) is 9.17. The lowest BCUT2D eigenvalue weighted by molar-refractivity contribution is -0.157. The Hall–Kier alpha value is -2.41. The van der Waals surface area contributed by atoms with Gasteiger partial charge in [-0.05, 0) is 18.9 Å². The molecule has 1 aliphatic heterocycles. The molecule has 0 aromatic heterocycles. The van der Waals surface area contributed by atoms with Gasteiger partial charge < -0.3 is 19.9 Å². The number of amides is 3. The molecule has 1 N–H and O–H groups in total. The first-order valence-corrected chi connectivity index (χ1v) is 8.40. The Morgan fingerprint density at radius 2 is 1.76 bits per heavy atom. The van der Waals surface area contributed by atoms with Crippen LogP contribution in [0.15, 0.2) is 24.3 Å². The summed E-state index contributed by atoms with van der Waals surface area (Å²) in [5, 5.41) is 2.72. The van der Waals surface area contributed by atoms with Crippen molar-refractivity contribution < 1.29 is 19.1 Å². The summed E-state index contributed by atoms with van der Waals surface area (Å²) in [6, 6.07) is 7.86. The minimum Gasteiger partial charge on any atom is -0.385 e. The number of hydrogen-bond donors (Lipinski definition) is 1. The molecule has 0 spiro atoms. The fraction of sp³-hybridized carbons (Fsp3) is 0.500. The highest BCUT2D eigenvalue weighted by molar-refractivity contribution is 6.35. The molecule has 0 aliphatic carbocycles. The van der Waals surface area contributed by atoms with E-state index in [4.69, 9.17) is 4.74 Å². The first-order valence-electron chi connectivity index (χ1n) is 8.40. The van der Waals surface area contributed by atoms with Crippen LogP contribution in [0.5, 0.6) is 0 Å². The van der Waals surface area contributed by atoms with E-state index in [1.54, 1.807) is 7.11 Å². The predicted molar refractivity (Wildman–Crippen MR) is 92.7 cm³/mol. The lowest BCUT2D eigenvalue weighted by Gasteiger charge is -2.33. The van der Waals surface area contributed by atoms with E-state index in [0.29, 0.717) is 39.2 Å². The third-order valence-corrected chi connectivity index (χ3v) is 4.07. The number of carbonyl (C=O) groups excluding carboxylic acids is 3. The Kier molecular flexibility index (Phi) is 6.94. The van der Waals surface area contributed by atoms with E-state index in [-0.39, 0.29) is 12.5 Å². The molecule has 0 bridgehead atoms. The highest BCUT2D eigenvalue weighted by atomic mass is 16.5. The minimum atomic E-state index is -0.620. The zero-order chi connectivity index (χ0) is 18.2. The van der Waals surface area contributed by atoms with Gasteiger partial charge in [0.1, 0.15) is 6.54 Å². The molecular weight excluding hydrogens is 322 g/mol. The Bertz CT molecular complexity index is 615. The van der Waals surface area contributed by atoms with E-state index in [9.17, 15) is 14.4 Å². The summed E-state index contributed by atoms with van der Waals surface area (Å²) in [7, 11) is 1.60. The van der Waals surface area contributed by atoms with Gasteiger partial charge in [0.05, 0.1) is 0 Å². The van der Waals surface area contributed by atoms with Gasteiger partial charge in [-0.15, -0.1) is 0 Å². The Labute approximate surface area is 147 Å². The number of methoxy groups -OCH3 is 1. The maximum atomic E-state index is 12.3. The van der Waals surface area contributed by atoms with E-state index in [0.717, 1.165) is 11.1 Å². The Morgan fingerprint density at radius 3 is 2.44 bits per heavy atom. The van der Waals surface area contributed by atoms with E-state index >= 15 is 0 Å². The van der Waals surface area contributed by atoms with E-state index in [1.807, 2.05) is 31.2 Å². The van der Waals surface area contributed by atoms with Crippen LogP contribution < -0.4 is 5.32 Å². The second-order valence-electron chi connectivity index (χ2n) is 6.14. The van der Waals surface area contributed by atoms with Crippen molar-refractivity contribution in [1.29, 1.82) is 0 Å². The Morgan fingerprint density at radius 1 is 1.12 bits per heavy atom. The van der Waals surface area contributed by atoms with Crippen molar-refractivity contribution in [3.05, 3.63) is 35.4 Å². The van der Waals surface area contributed by atoms with Crippen molar-refractivity contribution in [2.75, 3.05) is 39.9 Å². The van der Waals surface area contributed by atoms with Crippen molar-refractivity contribution in [3.63, 3.8) is 0 Å². The fourth-order valence-corrected chi connectivity index (χ4v) is 2.60. The lowest BCUT2D eigenvalue weighted by Crippen LogP contribution is -2.56. The van der Waals surface area contributed by atoms with Crippen LogP contribution in [0.1, 0.15) is 17.5 Å². The van der Waals surface area contributed by atoms with Crippen molar-refractivity contribution in [2.24, 2.45) is 0 Å². The quantitative estimate of drug-likeness (QED) is 0.543. The number of ether oxygens (including phenoxy) is 1. The number of piperazine rings is 1. The second-order valence-corrected chi connectivity index (χ2v) is 6.14. The molecule has 1 aromatic rings. The molecule has 0 saturated carbocycles. The zero-order valence-electron chi connectivity index (χ0n) is 14.8. The smallest absolute Gasteiger partial charge is 0.312 e. The van der Waals surface area contributed by atoms with Crippen molar-refractivity contribution in [2.45, 2.75) is 19.9 Å². The summed E-state index contributed by atoms with van der Waals surface area (Å²) < 4.78 is 4.91. The third-order valence-electron chi connectivity index (χ3n) is 4.07. The van der Waals surface area contributed by atoms with Crippen LogP contribution in [0, 0.1) is 6.92 Å². The molecule has 0 unspecified atom stereocenters. The summed E-state index contributed by atoms with van der Waals surface area (Å²) in [5.41, 5.74) is 2.13. The maximum Gasteiger partial charge on any atom is 0.312 e. The molecule has 7 heteroatoms. The number of hydrogen-bond acceptors (Lipinski definition) is 4. The van der Waals surface area contributed by atoms with Crippen LogP contribution in [-0.4, -0.2) is 67.4 Å². The van der Waals surface area contributed by atoms with E-state index in [1.165, 1.54) is 9.80 Å². The van der Waals surface area contributed by atoms with Crippen LogP contribution in [0.2, 0.25) is 0 Å². The number of benzene rings is 1. The van der Waals surface area contributed by atoms with Gasteiger partial charge >= 0.3 is 11.8 Å². The monoisotopic (exact) mass is 347 g/mol. The molecule has 1 heterocycles. The molecule has 3 amide bonds. The van der Waals surface area contributed by atoms with Gasteiger partial charge in [-0.25, -0.2) is 0 Å². The number of carbonyl (C=O) groups is 3. The molecule has 0 radical (unpaired) electrons. The summed E-state index contributed by atoms with van der Waals surface area (Å²) in [6.07, 6.45) is 0.708. The molecule has 2 rings (SSSR count). The van der Waals surface area contributed by atoms with Gasteiger partial charge in [0.15, 0.2) is 0 Å². The van der Waals surface area contributed by atoms with Gasteiger partial charge in [-0.3, -0.25) is 14.4 Å². The number of nitrogens with zero attached hydrogens (tertiary/aromatic N) is 2. The van der Waals surface area contributed by atoms with Gasteiger partial charge in [0.2, 0.25) is 5.91 Å². The van der Waals surface area contributed by atoms with Crippen LogP contribution in [0.3, 0.4) is 0 Å². The van der Waals surface area contributed by atoms with Crippen molar-refractivity contribution in [1.82, 2.24) is 15.1 Å². The number of aryl methyl sites for hydroxylation is 1. The lowest BCUT2D eigenvalue weighted by atomic mass is 10.1. The molecular formula is C18H25N3O4. The highest BCUT2D eigenvalue weighted by Crippen LogP contribution is 2.11. The molecule has 0 atom stereocenters. The summed E-state index contributed by atoms with van der Waals surface area (Å²) in [6.45, 7) is 4.16. The largest absolute Gasteiger partial charge is 0.385 e. The van der Waals surface area contributed by atoms with Gasteiger partial charge in [0.25, 0.3) is 0 Å². The normalized spacial score (nSPS) is 14.8. The third kappa shape index (κ3) is 5.56. The molecule has 1 aliphatic rings. The topological polar surface area (TPSA) is 79.0 Å². The zero-order valence-corrected chi connectivity index (χ0v) is 14.8. The van der Waals surface area contributed by atoms with Gasteiger partial charge in [-0.2, -0.15) is 0 Å². The average molecular weight is 347 g/mol. The molecule has 7 nitrogen and oxygen atoms in total. The van der Waals surface area contributed by atoms with Crippen molar-refractivity contribution >= 4 is 17.7 Å². The molecule has 1 fully saturated rings. The Balaban J connectivity index is 1.83. The van der Waals surface area contributed by atoms with Gasteiger partial charge in [-0.1, -0.05) is 29.8 Å². The number of nitrogens with one attached hydrogen (secondary N) is 1. The average Bonchev–Trinajstić information content (AvgIpc) is 2.60. The van der Waals surface area contributed by atoms with E-state index in [2.05, 4.69) is 5.32 Å². The molecule has 1 aromatic carbocycles. The highest BCUT2D eigenvalue weighted by Gasteiger charge is 2.33. The number of rotatable bonds is 8. The summed E-state index contributed by atoms with van der Waals surface area (Å²) in [5.74, 6) is -1.44. The van der Waals surface area contributed by atoms with Crippen LogP contribution in [0.25, 0.3) is 0 Å². The first-order chi connectivity index (χ1) is 12.0. The van der Waals surface area contributed by atoms with Gasteiger partial charge in [0, 0.05) is 39.9 Å². The summed E-state index contributed by atoms with van der Waals surface area (Å²) in [4.78, 5) is 39.2. The molecule has 136 valence electrons. The summed E-state index contributed by atoms with van der Waals surface area (Å²) >= 11 is 0. The molecule has 25 heavy (non-hydrogen) atoms. The standard InChI is InChI=1S/C18H25N3O4/c1-14-4-6-15(7-5-14)12-20-9-10-21(18(24)17(20)23)13-16(22)19-8-3-11-25-2/h4-7H,3,8-13H2,1-2H3,(H,19,22). The molecule has 1 saturated heterocycles. The minimum absolute atomic E-state index is 0.0874. The SMILES string of the molecule is COCCCNC(=O)CN1CCN(Cc2ccc(C)cc2)C(=O)C1=O.